The van der Waals surface area contributed by atoms with Crippen LogP contribution in [0.1, 0.15) is 42.7 Å². The largest absolute Gasteiger partial charge is 0.508 e. The van der Waals surface area contributed by atoms with E-state index >= 15 is 0 Å². The summed E-state index contributed by atoms with van der Waals surface area (Å²) in [5, 5.41) is 9.28. The van der Waals surface area contributed by atoms with Crippen molar-refractivity contribution in [2.75, 3.05) is 18.5 Å². The molecule has 118 valence electrons. The van der Waals surface area contributed by atoms with Crippen LogP contribution in [0.4, 0.5) is 5.69 Å². The van der Waals surface area contributed by atoms with Gasteiger partial charge in [0.25, 0.3) is 0 Å². The van der Waals surface area contributed by atoms with Crippen LogP contribution in [0.3, 0.4) is 0 Å². The molecule has 0 fully saturated rings. The van der Waals surface area contributed by atoms with Crippen LogP contribution in [0.5, 0.6) is 5.75 Å². The Balaban J connectivity index is 2.02. The van der Waals surface area contributed by atoms with E-state index in [9.17, 15) is 5.11 Å². The second-order valence-electron chi connectivity index (χ2n) is 5.84. The highest BCUT2D eigenvalue weighted by Gasteiger charge is 2.12. The number of phenolic OH excluding ortho intramolecular Hbond substituents is 1. The SMILES string of the molecule is CCC(C)c1ccc(C(Cl)CN(C)c2ccc(O)cc2)cc1. The number of hydrogen-bond donors (Lipinski definition) is 1. The van der Waals surface area contributed by atoms with Gasteiger partial charge in [0.05, 0.1) is 5.38 Å². The van der Waals surface area contributed by atoms with Crippen LogP contribution in [-0.2, 0) is 0 Å². The van der Waals surface area contributed by atoms with E-state index in [1.54, 1.807) is 12.1 Å². The molecule has 0 aliphatic carbocycles. The molecule has 0 aliphatic rings. The molecule has 0 aromatic heterocycles. The number of nitrogens with zero attached hydrogens (tertiary/aromatic N) is 1. The van der Waals surface area contributed by atoms with E-state index in [0.717, 1.165) is 24.2 Å². The Labute approximate surface area is 138 Å². The van der Waals surface area contributed by atoms with Crippen LogP contribution in [0, 0.1) is 0 Å². The van der Waals surface area contributed by atoms with Gasteiger partial charge in [0, 0.05) is 19.3 Å². The maximum Gasteiger partial charge on any atom is 0.115 e. The van der Waals surface area contributed by atoms with Crippen molar-refractivity contribution in [3.8, 4) is 5.75 Å². The van der Waals surface area contributed by atoms with Gasteiger partial charge in [-0.3, -0.25) is 0 Å². The summed E-state index contributed by atoms with van der Waals surface area (Å²) in [7, 11) is 2.01. The fourth-order valence-electron chi connectivity index (χ4n) is 2.43. The van der Waals surface area contributed by atoms with E-state index < -0.39 is 0 Å². The standard InChI is InChI=1S/C19H24ClNO/c1-4-14(2)15-5-7-16(8-6-15)19(20)13-21(3)17-9-11-18(22)12-10-17/h5-12,14,19,22H,4,13H2,1-3H3. The van der Waals surface area contributed by atoms with Crippen LogP contribution in [-0.4, -0.2) is 18.7 Å². The van der Waals surface area contributed by atoms with Gasteiger partial charge in [-0.2, -0.15) is 0 Å². The van der Waals surface area contributed by atoms with Gasteiger partial charge in [-0.05, 0) is 47.7 Å². The molecule has 0 bridgehead atoms. The maximum absolute atomic E-state index is 9.34. The van der Waals surface area contributed by atoms with Crippen LogP contribution >= 0.6 is 11.6 Å². The first-order valence-electron chi connectivity index (χ1n) is 7.75. The Morgan fingerprint density at radius 1 is 1.00 bits per heavy atom. The van der Waals surface area contributed by atoms with Crippen molar-refractivity contribution in [3.05, 3.63) is 59.7 Å². The van der Waals surface area contributed by atoms with Crippen LogP contribution < -0.4 is 4.90 Å². The Bertz CT molecular complexity index is 579. The molecule has 0 radical (unpaired) electrons. The summed E-state index contributed by atoms with van der Waals surface area (Å²) >= 11 is 6.56. The summed E-state index contributed by atoms with van der Waals surface area (Å²) in [6.45, 7) is 5.16. The second-order valence-corrected chi connectivity index (χ2v) is 6.37. The zero-order valence-corrected chi connectivity index (χ0v) is 14.2. The molecule has 0 saturated carbocycles. The molecule has 2 unspecified atom stereocenters. The van der Waals surface area contributed by atoms with E-state index in [1.807, 2.05) is 19.2 Å². The molecule has 0 amide bonds. The third-order valence-electron chi connectivity index (χ3n) is 4.20. The number of hydrogen-bond acceptors (Lipinski definition) is 2. The van der Waals surface area contributed by atoms with Crippen molar-refractivity contribution < 1.29 is 5.11 Å². The molecule has 2 aromatic rings. The molecule has 0 heterocycles. The lowest BCUT2D eigenvalue weighted by molar-refractivity contribution is 0.475. The van der Waals surface area contributed by atoms with Crippen molar-refractivity contribution in [2.45, 2.75) is 31.6 Å². The number of phenols is 1. The van der Waals surface area contributed by atoms with Gasteiger partial charge < -0.3 is 10.0 Å². The van der Waals surface area contributed by atoms with Crippen molar-refractivity contribution in [2.24, 2.45) is 0 Å². The Morgan fingerprint density at radius 3 is 2.09 bits per heavy atom. The fourth-order valence-corrected chi connectivity index (χ4v) is 2.78. The lowest BCUT2D eigenvalue weighted by Crippen LogP contribution is -2.21. The Morgan fingerprint density at radius 2 is 1.55 bits per heavy atom. The summed E-state index contributed by atoms with van der Waals surface area (Å²) in [6.07, 6.45) is 1.15. The maximum atomic E-state index is 9.34. The normalized spacial score (nSPS) is 13.6. The van der Waals surface area contributed by atoms with E-state index in [2.05, 4.69) is 43.0 Å². The summed E-state index contributed by atoms with van der Waals surface area (Å²) < 4.78 is 0. The number of likely N-dealkylation sites (N-methyl/N-ethyl adjacent to an activating group) is 1. The predicted octanol–water partition coefficient (Wildman–Crippen LogP) is 5.32. The highest BCUT2D eigenvalue weighted by Crippen LogP contribution is 2.27. The minimum absolute atomic E-state index is 0.0650. The smallest absolute Gasteiger partial charge is 0.115 e. The van der Waals surface area contributed by atoms with Crippen molar-refractivity contribution in [1.82, 2.24) is 0 Å². The van der Waals surface area contributed by atoms with E-state index in [0.29, 0.717) is 5.92 Å². The first-order chi connectivity index (χ1) is 10.5. The van der Waals surface area contributed by atoms with E-state index in [4.69, 9.17) is 11.6 Å². The fraction of sp³-hybridized carbons (Fsp3) is 0.368. The van der Waals surface area contributed by atoms with Gasteiger partial charge in [0.1, 0.15) is 5.75 Å². The number of benzene rings is 2. The molecule has 1 N–H and O–H groups in total. The van der Waals surface area contributed by atoms with Gasteiger partial charge in [-0.15, -0.1) is 11.6 Å². The molecule has 3 heteroatoms. The highest BCUT2D eigenvalue weighted by atomic mass is 35.5. The third-order valence-corrected chi connectivity index (χ3v) is 4.59. The lowest BCUT2D eigenvalue weighted by atomic mass is 9.97. The minimum Gasteiger partial charge on any atom is -0.508 e. The summed E-state index contributed by atoms with van der Waals surface area (Å²) in [6, 6.07) is 15.8. The Hall–Kier alpha value is -1.67. The summed E-state index contributed by atoms with van der Waals surface area (Å²) in [4.78, 5) is 2.10. The monoisotopic (exact) mass is 317 g/mol. The molecule has 22 heavy (non-hydrogen) atoms. The van der Waals surface area contributed by atoms with Crippen molar-refractivity contribution in [1.29, 1.82) is 0 Å². The van der Waals surface area contributed by atoms with Gasteiger partial charge >= 0.3 is 0 Å². The van der Waals surface area contributed by atoms with E-state index in [1.165, 1.54) is 5.56 Å². The average molecular weight is 318 g/mol. The molecule has 0 aliphatic heterocycles. The zero-order chi connectivity index (χ0) is 16.1. The highest BCUT2D eigenvalue weighted by molar-refractivity contribution is 6.21. The zero-order valence-electron chi connectivity index (χ0n) is 13.5. The van der Waals surface area contributed by atoms with Crippen LogP contribution in [0.2, 0.25) is 0 Å². The van der Waals surface area contributed by atoms with Gasteiger partial charge in [-0.25, -0.2) is 0 Å². The third kappa shape index (κ3) is 4.17. The lowest BCUT2D eigenvalue weighted by Gasteiger charge is -2.23. The number of anilines is 1. The number of halogens is 1. The molecule has 2 nitrogen and oxygen atoms in total. The van der Waals surface area contributed by atoms with Crippen LogP contribution in [0.15, 0.2) is 48.5 Å². The van der Waals surface area contributed by atoms with Gasteiger partial charge in [0.15, 0.2) is 0 Å². The van der Waals surface area contributed by atoms with Crippen molar-refractivity contribution >= 4 is 17.3 Å². The number of rotatable bonds is 6. The summed E-state index contributed by atoms with van der Waals surface area (Å²) in [5.41, 5.74) is 3.54. The molecular weight excluding hydrogens is 294 g/mol. The molecule has 2 aromatic carbocycles. The minimum atomic E-state index is -0.0650. The van der Waals surface area contributed by atoms with E-state index in [-0.39, 0.29) is 11.1 Å². The van der Waals surface area contributed by atoms with Gasteiger partial charge in [-0.1, -0.05) is 38.1 Å². The molecular formula is C19H24ClNO. The summed E-state index contributed by atoms with van der Waals surface area (Å²) in [5.74, 6) is 0.864. The molecule has 2 rings (SSSR count). The van der Waals surface area contributed by atoms with Gasteiger partial charge in [0.2, 0.25) is 0 Å². The second kappa shape index (κ2) is 7.55. The van der Waals surface area contributed by atoms with Crippen LogP contribution in [0.25, 0.3) is 0 Å². The molecule has 2 atom stereocenters. The molecule has 0 saturated heterocycles. The first kappa shape index (κ1) is 16.7. The number of aromatic hydroxyl groups is 1. The quantitative estimate of drug-likeness (QED) is 0.729. The Kier molecular flexibility index (Phi) is 5.73. The van der Waals surface area contributed by atoms with Crippen molar-refractivity contribution in [3.63, 3.8) is 0 Å². The first-order valence-corrected chi connectivity index (χ1v) is 8.19. The topological polar surface area (TPSA) is 23.5 Å². The number of alkyl halides is 1. The predicted molar refractivity (Wildman–Crippen MR) is 95.1 cm³/mol. The average Bonchev–Trinajstić information content (AvgIpc) is 2.54. The molecule has 0 spiro atoms.